The van der Waals surface area contributed by atoms with Gasteiger partial charge in [-0.2, -0.15) is 0 Å². The van der Waals surface area contributed by atoms with Crippen LogP contribution in [0, 0.1) is 11.7 Å². The maximum Gasteiger partial charge on any atom is 0.220 e. The summed E-state index contributed by atoms with van der Waals surface area (Å²) in [7, 11) is 0. The molecule has 1 aliphatic carbocycles. The molecule has 1 saturated carbocycles. The first-order chi connectivity index (χ1) is 10.2. The summed E-state index contributed by atoms with van der Waals surface area (Å²) < 4.78 is 13.9. The van der Waals surface area contributed by atoms with Gasteiger partial charge in [0.2, 0.25) is 5.91 Å². The van der Waals surface area contributed by atoms with Crippen molar-refractivity contribution in [2.75, 3.05) is 13.1 Å². The predicted octanol–water partition coefficient (Wildman–Crippen LogP) is 2.71. The smallest absolute Gasteiger partial charge is 0.220 e. The van der Waals surface area contributed by atoms with Gasteiger partial charge >= 0.3 is 0 Å². The zero-order chi connectivity index (χ0) is 14.7. The number of rotatable bonds is 5. The third-order valence-corrected chi connectivity index (χ3v) is 4.76. The average Bonchev–Trinajstić information content (AvgIpc) is 3.27. The van der Waals surface area contributed by atoms with Crippen molar-refractivity contribution in [1.29, 1.82) is 0 Å². The van der Waals surface area contributed by atoms with Crippen LogP contribution in [0.5, 0.6) is 0 Å². The molecule has 3 rings (SSSR count). The Hall–Kier alpha value is -1.42. The molecule has 1 saturated heterocycles. The maximum absolute atomic E-state index is 13.9. The minimum atomic E-state index is -0.434. The van der Waals surface area contributed by atoms with Gasteiger partial charge in [-0.05, 0) is 57.2 Å². The molecule has 3 nitrogen and oxygen atoms in total. The summed E-state index contributed by atoms with van der Waals surface area (Å²) in [6.07, 6.45) is 5.50. The Morgan fingerprint density at radius 3 is 2.67 bits per heavy atom. The molecular formula is C17H23FN2O. The maximum atomic E-state index is 13.9. The molecule has 2 aliphatic rings. The third-order valence-electron chi connectivity index (χ3n) is 4.76. The van der Waals surface area contributed by atoms with Crippen LogP contribution in [0.3, 0.4) is 0 Å². The molecule has 1 aromatic rings. The van der Waals surface area contributed by atoms with Crippen LogP contribution in [0.25, 0.3) is 0 Å². The molecule has 1 heterocycles. The Kier molecular flexibility index (Phi) is 4.24. The van der Waals surface area contributed by atoms with Gasteiger partial charge in [0.05, 0.1) is 5.54 Å². The number of piperidine rings is 1. The number of hydrogen-bond donors (Lipinski definition) is 2. The Morgan fingerprint density at radius 2 is 2.00 bits per heavy atom. The largest absolute Gasteiger partial charge is 0.346 e. The van der Waals surface area contributed by atoms with Crippen molar-refractivity contribution in [1.82, 2.24) is 10.6 Å². The first-order valence-electron chi connectivity index (χ1n) is 7.96. The van der Waals surface area contributed by atoms with Crippen LogP contribution in [0.2, 0.25) is 0 Å². The van der Waals surface area contributed by atoms with E-state index >= 15 is 0 Å². The number of amides is 1. The van der Waals surface area contributed by atoms with Gasteiger partial charge in [-0.25, -0.2) is 4.39 Å². The van der Waals surface area contributed by atoms with Gasteiger partial charge in [0.25, 0.3) is 0 Å². The first-order valence-corrected chi connectivity index (χ1v) is 7.96. The number of hydrogen-bond acceptors (Lipinski definition) is 2. The third kappa shape index (κ3) is 3.43. The van der Waals surface area contributed by atoms with E-state index in [9.17, 15) is 9.18 Å². The molecule has 0 spiro atoms. The normalized spacial score (nSPS) is 21.0. The lowest BCUT2D eigenvalue weighted by atomic mass is 9.93. The second kappa shape index (κ2) is 6.14. The molecule has 4 heteroatoms. The van der Waals surface area contributed by atoms with E-state index in [1.165, 1.54) is 6.07 Å². The van der Waals surface area contributed by atoms with Crippen molar-refractivity contribution in [2.45, 2.75) is 44.1 Å². The van der Waals surface area contributed by atoms with Gasteiger partial charge in [-0.15, -0.1) is 0 Å². The molecule has 1 aliphatic heterocycles. The van der Waals surface area contributed by atoms with E-state index in [1.807, 2.05) is 6.07 Å². The quantitative estimate of drug-likeness (QED) is 0.875. The van der Waals surface area contributed by atoms with Crippen LogP contribution in [0.15, 0.2) is 24.3 Å². The van der Waals surface area contributed by atoms with Gasteiger partial charge in [-0.3, -0.25) is 4.79 Å². The molecular weight excluding hydrogens is 267 g/mol. The lowest BCUT2D eigenvalue weighted by Gasteiger charge is -2.23. The van der Waals surface area contributed by atoms with Crippen molar-refractivity contribution in [3.63, 3.8) is 0 Å². The summed E-state index contributed by atoms with van der Waals surface area (Å²) in [6, 6.07) is 6.78. The van der Waals surface area contributed by atoms with E-state index in [-0.39, 0.29) is 11.7 Å². The molecule has 1 amide bonds. The summed E-state index contributed by atoms with van der Waals surface area (Å²) in [5.74, 6) is 0.503. The van der Waals surface area contributed by atoms with Crippen molar-refractivity contribution in [3.05, 3.63) is 35.6 Å². The molecule has 1 aromatic carbocycles. The zero-order valence-corrected chi connectivity index (χ0v) is 12.3. The first kappa shape index (κ1) is 14.5. The Balaban J connectivity index is 1.54. The molecule has 114 valence electrons. The monoisotopic (exact) mass is 290 g/mol. The molecule has 0 radical (unpaired) electrons. The van der Waals surface area contributed by atoms with Crippen LogP contribution in [0.4, 0.5) is 4.39 Å². The van der Waals surface area contributed by atoms with Crippen LogP contribution in [0.1, 0.15) is 44.1 Å². The van der Waals surface area contributed by atoms with Crippen LogP contribution >= 0.6 is 0 Å². The minimum absolute atomic E-state index is 0.0642. The van der Waals surface area contributed by atoms with Gasteiger partial charge in [0.15, 0.2) is 0 Å². The van der Waals surface area contributed by atoms with Crippen LogP contribution in [-0.2, 0) is 10.3 Å². The van der Waals surface area contributed by atoms with Gasteiger partial charge in [-0.1, -0.05) is 18.2 Å². The molecule has 2 fully saturated rings. The summed E-state index contributed by atoms with van der Waals surface area (Å²) in [6.45, 7) is 2.12. The molecule has 0 atom stereocenters. The van der Waals surface area contributed by atoms with E-state index in [1.54, 1.807) is 12.1 Å². The fourth-order valence-electron chi connectivity index (χ4n) is 3.27. The summed E-state index contributed by atoms with van der Waals surface area (Å²) in [5, 5.41) is 6.41. The van der Waals surface area contributed by atoms with E-state index in [2.05, 4.69) is 10.6 Å². The fraction of sp³-hybridized carbons (Fsp3) is 0.588. The molecule has 0 aromatic heterocycles. The highest BCUT2D eigenvalue weighted by Crippen LogP contribution is 2.46. The van der Waals surface area contributed by atoms with Gasteiger partial charge in [0.1, 0.15) is 5.82 Å². The molecule has 0 bridgehead atoms. The van der Waals surface area contributed by atoms with Crippen LogP contribution in [-0.4, -0.2) is 19.0 Å². The Morgan fingerprint density at radius 1 is 1.29 bits per heavy atom. The van der Waals surface area contributed by atoms with Gasteiger partial charge < -0.3 is 10.6 Å². The predicted molar refractivity (Wildman–Crippen MR) is 80.3 cm³/mol. The van der Waals surface area contributed by atoms with Crippen molar-refractivity contribution < 1.29 is 9.18 Å². The second-order valence-electron chi connectivity index (χ2n) is 6.34. The molecule has 0 unspecified atom stereocenters. The summed E-state index contributed by atoms with van der Waals surface area (Å²) >= 11 is 0. The van der Waals surface area contributed by atoms with Crippen molar-refractivity contribution >= 4 is 5.91 Å². The van der Waals surface area contributed by atoms with E-state index in [0.29, 0.717) is 17.9 Å². The SMILES string of the molecule is O=C(CCC1CCNCC1)NC1(c2ccccc2F)CC1. The topological polar surface area (TPSA) is 41.1 Å². The highest BCUT2D eigenvalue weighted by molar-refractivity contribution is 5.77. The van der Waals surface area contributed by atoms with E-state index in [0.717, 1.165) is 45.2 Å². The van der Waals surface area contributed by atoms with Gasteiger partial charge in [0, 0.05) is 12.0 Å². The lowest BCUT2D eigenvalue weighted by Crippen LogP contribution is -2.36. The Labute approximate surface area is 125 Å². The van der Waals surface area contributed by atoms with Crippen LogP contribution < -0.4 is 10.6 Å². The molecule has 2 N–H and O–H groups in total. The fourth-order valence-corrected chi connectivity index (χ4v) is 3.27. The van der Waals surface area contributed by atoms with Crippen molar-refractivity contribution in [2.24, 2.45) is 5.92 Å². The number of nitrogens with one attached hydrogen (secondary N) is 2. The standard InChI is InChI=1S/C17H23FN2O/c18-15-4-2-1-3-14(15)17(9-10-17)20-16(21)6-5-13-7-11-19-12-8-13/h1-4,13,19H,5-12H2,(H,20,21). The summed E-state index contributed by atoms with van der Waals surface area (Å²) in [5.41, 5.74) is 0.205. The molecule has 21 heavy (non-hydrogen) atoms. The number of halogens is 1. The second-order valence-corrected chi connectivity index (χ2v) is 6.34. The highest BCUT2D eigenvalue weighted by Gasteiger charge is 2.47. The lowest BCUT2D eigenvalue weighted by molar-refractivity contribution is -0.122. The Bertz CT molecular complexity index is 507. The van der Waals surface area contributed by atoms with Crippen molar-refractivity contribution in [3.8, 4) is 0 Å². The zero-order valence-electron chi connectivity index (χ0n) is 12.3. The minimum Gasteiger partial charge on any atom is -0.346 e. The van der Waals surface area contributed by atoms with E-state index in [4.69, 9.17) is 0 Å². The highest BCUT2D eigenvalue weighted by atomic mass is 19.1. The number of benzene rings is 1. The number of carbonyl (C=O) groups is 1. The number of carbonyl (C=O) groups excluding carboxylic acids is 1. The summed E-state index contributed by atoms with van der Waals surface area (Å²) in [4.78, 5) is 12.2. The van der Waals surface area contributed by atoms with E-state index < -0.39 is 5.54 Å². The average molecular weight is 290 g/mol.